The van der Waals surface area contributed by atoms with E-state index in [1.807, 2.05) is 19.9 Å². The Morgan fingerprint density at radius 2 is 1.95 bits per heavy atom. The molecule has 108 valence electrons. The summed E-state index contributed by atoms with van der Waals surface area (Å²) in [5, 5.41) is 9.20. The number of nitrogens with zero attached hydrogens (tertiary/aromatic N) is 5. The number of hydrogen-bond acceptors (Lipinski definition) is 6. The lowest BCUT2D eigenvalue weighted by molar-refractivity contribution is 0.221. The largest absolute Gasteiger partial charge is 0.461 e. The van der Waals surface area contributed by atoms with E-state index in [0.29, 0.717) is 17.2 Å². The fraction of sp³-hybridized carbons (Fsp3) is 0.286. The van der Waals surface area contributed by atoms with Crippen LogP contribution in [0.3, 0.4) is 0 Å². The van der Waals surface area contributed by atoms with Crippen LogP contribution >= 0.6 is 11.6 Å². The lowest BCUT2D eigenvalue weighted by Gasteiger charge is -2.19. The number of benzene rings is 1. The minimum atomic E-state index is -0.0759. The first-order valence-electron chi connectivity index (χ1n) is 6.32. The Hall–Kier alpha value is -2.39. The van der Waals surface area contributed by atoms with Gasteiger partial charge in [0.25, 0.3) is 0 Å². The fourth-order valence-electron chi connectivity index (χ4n) is 1.70. The smallest absolute Gasteiger partial charge is 0.322 e. The summed E-state index contributed by atoms with van der Waals surface area (Å²) < 4.78 is 5.44. The maximum atomic E-state index is 9.16. The van der Waals surface area contributed by atoms with Crippen LogP contribution in [0, 0.1) is 11.3 Å². The predicted molar refractivity (Wildman–Crippen MR) is 79.8 cm³/mol. The van der Waals surface area contributed by atoms with E-state index < -0.39 is 0 Å². The molecule has 0 saturated heterocycles. The third-order valence-electron chi connectivity index (χ3n) is 2.60. The van der Waals surface area contributed by atoms with E-state index in [4.69, 9.17) is 21.6 Å². The van der Waals surface area contributed by atoms with Gasteiger partial charge in [-0.15, -0.1) is 0 Å². The molecular formula is C14H14ClN5O. The highest BCUT2D eigenvalue weighted by atomic mass is 35.5. The predicted octanol–water partition coefficient (Wildman–Crippen LogP) is 2.95. The van der Waals surface area contributed by atoms with Gasteiger partial charge in [-0.05, 0) is 37.6 Å². The van der Waals surface area contributed by atoms with Gasteiger partial charge in [0, 0.05) is 7.05 Å². The van der Waals surface area contributed by atoms with Crippen LogP contribution in [0.15, 0.2) is 24.3 Å². The van der Waals surface area contributed by atoms with Crippen LogP contribution in [0.2, 0.25) is 5.28 Å². The van der Waals surface area contributed by atoms with Gasteiger partial charge in [-0.3, -0.25) is 0 Å². The molecule has 2 aromatic rings. The zero-order chi connectivity index (χ0) is 15.4. The molecule has 7 heteroatoms. The van der Waals surface area contributed by atoms with Crippen molar-refractivity contribution >= 4 is 23.2 Å². The van der Waals surface area contributed by atoms with Crippen LogP contribution in [0.5, 0.6) is 6.01 Å². The second-order valence-electron chi connectivity index (χ2n) is 4.54. The first kappa shape index (κ1) is 15.0. The van der Waals surface area contributed by atoms with E-state index in [0.717, 1.165) is 0 Å². The highest BCUT2D eigenvalue weighted by Gasteiger charge is 2.15. The van der Waals surface area contributed by atoms with E-state index in [1.165, 1.54) is 0 Å². The summed E-state index contributed by atoms with van der Waals surface area (Å²) in [7, 11) is 1.75. The van der Waals surface area contributed by atoms with E-state index in [2.05, 4.69) is 21.0 Å². The van der Waals surface area contributed by atoms with Crippen molar-refractivity contribution in [2.75, 3.05) is 11.9 Å². The minimum absolute atomic E-state index is 0.0388. The summed E-state index contributed by atoms with van der Waals surface area (Å²) in [6.45, 7) is 3.73. The number of hydrogen-bond donors (Lipinski definition) is 0. The topological polar surface area (TPSA) is 74.9 Å². The Bertz CT molecular complexity index is 683. The number of nitriles is 1. The quantitative estimate of drug-likeness (QED) is 0.864. The first-order chi connectivity index (χ1) is 10.0. The van der Waals surface area contributed by atoms with Crippen LogP contribution < -0.4 is 9.64 Å². The molecular weight excluding hydrogens is 290 g/mol. The molecule has 0 unspecified atom stereocenters. The molecule has 0 radical (unpaired) electrons. The Labute approximate surface area is 128 Å². The van der Waals surface area contributed by atoms with Crippen molar-refractivity contribution in [3.05, 3.63) is 35.1 Å². The van der Waals surface area contributed by atoms with E-state index in [9.17, 15) is 0 Å². The van der Waals surface area contributed by atoms with Crippen LogP contribution in [-0.2, 0) is 0 Å². The molecule has 1 aromatic carbocycles. The Morgan fingerprint density at radius 3 is 2.62 bits per heavy atom. The number of para-hydroxylation sites is 1. The van der Waals surface area contributed by atoms with Crippen molar-refractivity contribution in [1.29, 1.82) is 5.26 Å². The molecule has 0 bridgehead atoms. The third-order valence-corrected chi connectivity index (χ3v) is 2.77. The van der Waals surface area contributed by atoms with Gasteiger partial charge in [-0.25, -0.2) is 0 Å². The van der Waals surface area contributed by atoms with Crippen LogP contribution in [-0.4, -0.2) is 28.1 Å². The second kappa shape index (κ2) is 6.37. The Balaban J connectivity index is 2.41. The maximum Gasteiger partial charge on any atom is 0.322 e. The lowest BCUT2D eigenvalue weighted by Crippen LogP contribution is -2.17. The van der Waals surface area contributed by atoms with Gasteiger partial charge in [0.15, 0.2) is 0 Å². The zero-order valence-corrected chi connectivity index (χ0v) is 12.7. The minimum Gasteiger partial charge on any atom is -0.461 e. The van der Waals surface area contributed by atoms with E-state index in [1.54, 1.807) is 30.1 Å². The van der Waals surface area contributed by atoms with Crippen molar-refractivity contribution in [2.24, 2.45) is 0 Å². The third kappa shape index (κ3) is 3.58. The number of anilines is 2. The molecule has 21 heavy (non-hydrogen) atoms. The lowest BCUT2D eigenvalue weighted by atomic mass is 10.2. The van der Waals surface area contributed by atoms with Gasteiger partial charge in [0.05, 0.1) is 17.4 Å². The highest BCUT2D eigenvalue weighted by Crippen LogP contribution is 2.25. The molecule has 1 heterocycles. The molecule has 0 saturated carbocycles. The molecule has 0 amide bonds. The average molecular weight is 304 g/mol. The number of rotatable bonds is 4. The van der Waals surface area contributed by atoms with Gasteiger partial charge in [-0.2, -0.15) is 20.2 Å². The van der Waals surface area contributed by atoms with Crippen LogP contribution in [0.25, 0.3) is 0 Å². The summed E-state index contributed by atoms with van der Waals surface area (Å²) in [4.78, 5) is 13.9. The normalized spacial score (nSPS) is 10.3. The number of ether oxygens (including phenoxy) is 1. The van der Waals surface area contributed by atoms with Crippen LogP contribution in [0.4, 0.5) is 11.6 Å². The molecule has 0 spiro atoms. The average Bonchev–Trinajstić information content (AvgIpc) is 2.45. The van der Waals surface area contributed by atoms with Crippen molar-refractivity contribution in [2.45, 2.75) is 20.0 Å². The van der Waals surface area contributed by atoms with Crippen molar-refractivity contribution < 1.29 is 4.74 Å². The SMILES string of the molecule is CC(C)Oc1nc(Cl)nc(N(C)c2ccccc2C#N)n1. The molecule has 0 fully saturated rings. The van der Waals surface area contributed by atoms with E-state index in [-0.39, 0.29) is 17.4 Å². The standard InChI is InChI=1S/C14H14ClN5O/c1-9(2)21-14-18-12(15)17-13(19-14)20(3)11-7-5-4-6-10(11)8-16/h4-7,9H,1-3H3. The molecule has 0 aliphatic carbocycles. The monoisotopic (exact) mass is 303 g/mol. The van der Waals surface area contributed by atoms with Gasteiger partial charge in [0.2, 0.25) is 11.2 Å². The molecule has 1 aromatic heterocycles. The maximum absolute atomic E-state index is 9.16. The summed E-state index contributed by atoms with van der Waals surface area (Å²) in [6.07, 6.45) is -0.0759. The number of aromatic nitrogens is 3. The van der Waals surface area contributed by atoms with Gasteiger partial charge in [-0.1, -0.05) is 12.1 Å². The van der Waals surface area contributed by atoms with Crippen molar-refractivity contribution in [1.82, 2.24) is 15.0 Å². The van der Waals surface area contributed by atoms with Gasteiger partial charge < -0.3 is 9.64 Å². The van der Waals surface area contributed by atoms with Crippen molar-refractivity contribution in [3.63, 3.8) is 0 Å². The Kier molecular flexibility index (Phi) is 4.55. The molecule has 0 N–H and O–H groups in total. The van der Waals surface area contributed by atoms with Crippen LogP contribution in [0.1, 0.15) is 19.4 Å². The highest BCUT2D eigenvalue weighted by molar-refractivity contribution is 6.28. The van der Waals surface area contributed by atoms with Crippen molar-refractivity contribution in [3.8, 4) is 12.1 Å². The van der Waals surface area contributed by atoms with Gasteiger partial charge in [0.1, 0.15) is 6.07 Å². The molecule has 0 aliphatic heterocycles. The Morgan fingerprint density at radius 1 is 1.24 bits per heavy atom. The molecule has 2 rings (SSSR count). The molecule has 0 aliphatic rings. The summed E-state index contributed by atoms with van der Waals surface area (Å²) in [5.74, 6) is 0.313. The van der Waals surface area contributed by atoms with Gasteiger partial charge >= 0.3 is 6.01 Å². The summed E-state index contributed by atoms with van der Waals surface area (Å²) in [6, 6.07) is 9.44. The molecule has 6 nitrogen and oxygen atoms in total. The second-order valence-corrected chi connectivity index (χ2v) is 4.88. The number of halogens is 1. The summed E-state index contributed by atoms with van der Waals surface area (Å²) >= 11 is 5.90. The van der Waals surface area contributed by atoms with E-state index >= 15 is 0 Å². The fourth-order valence-corrected chi connectivity index (χ4v) is 1.85. The first-order valence-corrected chi connectivity index (χ1v) is 6.70. The molecule has 0 atom stereocenters. The summed E-state index contributed by atoms with van der Waals surface area (Å²) in [5.41, 5.74) is 1.20. The zero-order valence-electron chi connectivity index (χ0n) is 11.9.